The topological polar surface area (TPSA) is 84.4 Å². The Labute approximate surface area is 144 Å². The number of carboxylic acids is 1. The molecule has 2 aromatic carbocycles. The minimum atomic E-state index is -0.939. The van der Waals surface area contributed by atoms with Crippen LogP contribution in [-0.4, -0.2) is 35.5 Å². The molecule has 0 bridgehead atoms. The first-order valence-electron chi connectivity index (χ1n) is 7.78. The SMILES string of the molecule is COc1cc2c(cc1OC)-c1[nH]nc(-c3ccc(C(=O)O)cc3)c1C2. The standard InChI is InChI=1S/C19H16N2O4/c1-24-15-8-12-7-14-17(10-3-5-11(6-4-10)19(22)23)20-21-18(14)13(12)9-16(15)25-2/h3-6,8-9H,7H2,1-2H3,(H,20,21)(H,22,23). The number of rotatable bonds is 4. The minimum absolute atomic E-state index is 0.258. The van der Waals surface area contributed by atoms with E-state index in [1.807, 2.05) is 12.1 Å². The molecule has 0 atom stereocenters. The molecule has 1 aliphatic carbocycles. The highest BCUT2D eigenvalue weighted by molar-refractivity contribution is 5.89. The maximum Gasteiger partial charge on any atom is 0.335 e. The van der Waals surface area contributed by atoms with Crippen molar-refractivity contribution in [3.05, 3.63) is 53.1 Å². The summed E-state index contributed by atoms with van der Waals surface area (Å²) in [6.07, 6.45) is 0.734. The Hall–Kier alpha value is -3.28. The Morgan fingerprint density at radius 2 is 1.80 bits per heavy atom. The van der Waals surface area contributed by atoms with Gasteiger partial charge in [-0.25, -0.2) is 4.79 Å². The van der Waals surface area contributed by atoms with Gasteiger partial charge in [-0.3, -0.25) is 5.10 Å². The molecule has 3 aromatic rings. The average molecular weight is 336 g/mol. The van der Waals surface area contributed by atoms with Gasteiger partial charge in [0.25, 0.3) is 0 Å². The van der Waals surface area contributed by atoms with Crippen LogP contribution in [0.15, 0.2) is 36.4 Å². The normalized spacial score (nSPS) is 11.8. The van der Waals surface area contributed by atoms with Crippen LogP contribution in [0.5, 0.6) is 11.5 Å². The monoisotopic (exact) mass is 336 g/mol. The average Bonchev–Trinajstić information content (AvgIpc) is 3.19. The number of nitrogens with one attached hydrogen (secondary N) is 1. The number of aromatic carboxylic acids is 1. The van der Waals surface area contributed by atoms with E-state index in [-0.39, 0.29) is 5.56 Å². The zero-order valence-electron chi connectivity index (χ0n) is 13.8. The highest BCUT2D eigenvalue weighted by Gasteiger charge is 2.27. The molecule has 0 aliphatic heterocycles. The van der Waals surface area contributed by atoms with Gasteiger partial charge in [0, 0.05) is 23.1 Å². The van der Waals surface area contributed by atoms with Crippen LogP contribution in [0.2, 0.25) is 0 Å². The Morgan fingerprint density at radius 1 is 1.12 bits per heavy atom. The highest BCUT2D eigenvalue weighted by atomic mass is 16.5. The Kier molecular flexibility index (Phi) is 3.46. The molecule has 4 rings (SSSR count). The van der Waals surface area contributed by atoms with Gasteiger partial charge in [-0.15, -0.1) is 0 Å². The predicted octanol–water partition coefficient (Wildman–Crippen LogP) is 3.36. The zero-order chi connectivity index (χ0) is 17.6. The molecular formula is C19H16N2O4. The van der Waals surface area contributed by atoms with Gasteiger partial charge in [-0.05, 0) is 29.8 Å². The first-order chi connectivity index (χ1) is 12.1. The van der Waals surface area contributed by atoms with Gasteiger partial charge in [0.15, 0.2) is 11.5 Å². The minimum Gasteiger partial charge on any atom is -0.493 e. The van der Waals surface area contributed by atoms with E-state index in [1.165, 1.54) is 0 Å². The van der Waals surface area contributed by atoms with Crippen LogP contribution in [0.1, 0.15) is 21.5 Å². The number of ether oxygens (including phenoxy) is 2. The molecule has 1 aromatic heterocycles. The molecule has 0 amide bonds. The van der Waals surface area contributed by atoms with E-state index >= 15 is 0 Å². The number of benzene rings is 2. The molecular weight excluding hydrogens is 320 g/mol. The molecule has 6 heteroatoms. The van der Waals surface area contributed by atoms with Gasteiger partial charge in [0.1, 0.15) is 0 Å². The number of aromatic nitrogens is 2. The first kappa shape index (κ1) is 15.3. The summed E-state index contributed by atoms with van der Waals surface area (Å²) in [6, 6.07) is 10.7. The first-order valence-corrected chi connectivity index (χ1v) is 7.78. The molecule has 0 radical (unpaired) electrons. The van der Waals surface area contributed by atoms with Crippen molar-refractivity contribution in [2.75, 3.05) is 14.2 Å². The fraction of sp³-hybridized carbons (Fsp3) is 0.158. The molecule has 0 unspecified atom stereocenters. The molecule has 0 spiro atoms. The summed E-state index contributed by atoms with van der Waals surface area (Å²) in [5, 5.41) is 16.6. The van der Waals surface area contributed by atoms with Crippen LogP contribution in [0, 0.1) is 0 Å². The van der Waals surface area contributed by atoms with Gasteiger partial charge in [0.05, 0.1) is 31.2 Å². The lowest BCUT2D eigenvalue weighted by atomic mass is 10.0. The summed E-state index contributed by atoms with van der Waals surface area (Å²) in [6.45, 7) is 0. The highest BCUT2D eigenvalue weighted by Crippen LogP contribution is 2.44. The number of aromatic amines is 1. The van der Waals surface area contributed by atoms with E-state index in [1.54, 1.807) is 38.5 Å². The lowest BCUT2D eigenvalue weighted by Gasteiger charge is -2.10. The summed E-state index contributed by atoms with van der Waals surface area (Å²) < 4.78 is 10.8. The van der Waals surface area contributed by atoms with Crippen LogP contribution in [0.3, 0.4) is 0 Å². The molecule has 0 saturated carbocycles. The van der Waals surface area contributed by atoms with Crippen molar-refractivity contribution >= 4 is 5.97 Å². The molecule has 1 heterocycles. The maximum atomic E-state index is 11.0. The van der Waals surface area contributed by atoms with Crippen LogP contribution in [-0.2, 0) is 6.42 Å². The number of carbonyl (C=O) groups is 1. The lowest BCUT2D eigenvalue weighted by molar-refractivity contribution is 0.0697. The summed E-state index contributed by atoms with van der Waals surface area (Å²) in [7, 11) is 3.23. The van der Waals surface area contributed by atoms with Crippen LogP contribution < -0.4 is 9.47 Å². The number of hydrogen-bond donors (Lipinski definition) is 2. The van der Waals surface area contributed by atoms with E-state index in [0.29, 0.717) is 11.5 Å². The number of nitrogens with zero attached hydrogens (tertiary/aromatic N) is 1. The number of methoxy groups -OCH3 is 2. The van der Waals surface area contributed by atoms with Gasteiger partial charge in [-0.2, -0.15) is 5.10 Å². The van der Waals surface area contributed by atoms with Crippen molar-refractivity contribution in [1.82, 2.24) is 10.2 Å². The number of fused-ring (bicyclic) bond motifs is 3. The Morgan fingerprint density at radius 3 is 2.44 bits per heavy atom. The van der Waals surface area contributed by atoms with E-state index in [9.17, 15) is 4.79 Å². The van der Waals surface area contributed by atoms with Crippen molar-refractivity contribution in [3.63, 3.8) is 0 Å². The van der Waals surface area contributed by atoms with Gasteiger partial charge in [0.2, 0.25) is 0 Å². The number of carboxylic acid groups (broad SMARTS) is 1. The summed E-state index contributed by atoms with van der Waals surface area (Å²) in [5.41, 5.74) is 6.23. The summed E-state index contributed by atoms with van der Waals surface area (Å²) >= 11 is 0. The van der Waals surface area contributed by atoms with E-state index in [2.05, 4.69) is 10.2 Å². The van der Waals surface area contributed by atoms with Crippen molar-refractivity contribution in [2.45, 2.75) is 6.42 Å². The maximum absolute atomic E-state index is 11.0. The van der Waals surface area contributed by atoms with Crippen molar-refractivity contribution in [2.24, 2.45) is 0 Å². The third-order valence-corrected chi connectivity index (χ3v) is 4.52. The predicted molar refractivity (Wildman–Crippen MR) is 92.3 cm³/mol. The van der Waals surface area contributed by atoms with Gasteiger partial charge < -0.3 is 14.6 Å². The molecule has 0 fully saturated rings. The van der Waals surface area contributed by atoms with Gasteiger partial charge >= 0.3 is 5.97 Å². The molecule has 1 aliphatic rings. The largest absolute Gasteiger partial charge is 0.493 e. The quantitative estimate of drug-likeness (QED) is 0.597. The van der Waals surface area contributed by atoms with Crippen molar-refractivity contribution in [3.8, 4) is 34.0 Å². The fourth-order valence-corrected chi connectivity index (χ4v) is 3.26. The number of hydrogen-bond acceptors (Lipinski definition) is 4. The molecule has 2 N–H and O–H groups in total. The van der Waals surface area contributed by atoms with E-state index in [4.69, 9.17) is 14.6 Å². The van der Waals surface area contributed by atoms with Crippen LogP contribution in [0.25, 0.3) is 22.5 Å². The second kappa shape index (κ2) is 5.66. The smallest absolute Gasteiger partial charge is 0.335 e. The Balaban J connectivity index is 1.77. The van der Waals surface area contributed by atoms with Crippen molar-refractivity contribution < 1.29 is 19.4 Å². The summed E-state index contributed by atoms with van der Waals surface area (Å²) in [5.74, 6) is 0.438. The van der Waals surface area contributed by atoms with E-state index in [0.717, 1.165) is 40.1 Å². The second-order valence-electron chi connectivity index (χ2n) is 5.85. The third-order valence-electron chi connectivity index (χ3n) is 4.52. The molecule has 126 valence electrons. The zero-order valence-corrected chi connectivity index (χ0v) is 13.8. The molecule has 25 heavy (non-hydrogen) atoms. The Bertz CT molecular complexity index is 974. The van der Waals surface area contributed by atoms with E-state index < -0.39 is 5.97 Å². The number of H-pyrrole nitrogens is 1. The van der Waals surface area contributed by atoms with Gasteiger partial charge in [-0.1, -0.05) is 12.1 Å². The molecule has 6 nitrogen and oxygen atoms in total. The van der Waals surface area contributed by atoms with Crippen molar-refractivity contribution in [1.29, 1.82) is 0 Å². The fourth-order valence-electron chi connectivity index (χ4n) is 3.26. The van der Waals surface area contributed by atoms with Crippen LogP contribution in [0.4, 0.5) is 0 Å². The summed E-state index contributed by atoms with van der Waals surface area (Å²) in [4.78, 5) is 11.0. The van der Waals surface area contributed by atoms with Crippen LogP contribution >= 0.6 is 0 Å². The molecule has 0 saturated heterocycles. The third kappa shape index (κ3) is 2.34. The second-order valence-corrected chi connectivity index (χ2v) is 5.85. The lowest BCUT2D eigenvalue weighted by Crippen LogP contribution is -1.95.